The third-order valence-corrected chi connectivity index (χ3v) is 7.40. The van der Waals surface area contributed by atoms with E-state index in [1.54, 1.807) is 6.92 Å². The molecule has 3 N–H and O–H groups in total. The molecular formula is C32H37N4O2+. The van der Waals surface area contributed by atoms with Gasteiger partial charge in [-0.3, -0.25) is 4.90 Å². The fourth-order valence-corrected chi connectivity index (χ4v) is 5.65. The monoisotopic (exact) mass is 509 g/mol. The van der Waals surface area contributed by atoms with Crippen molar-refractivity contribution in [1.29, 1.82) is 5.26 Å². The second-order valence-corrected chi connectivity index (χ2v) is 10.1. The predicted molar refractivity (Wildman–Crippen MR) is 151 cm³/mol. The highest BCUT2D eigenvalue weighted by molar-refractivity contribution is 6.12. The number of para-hydroxylation sites is 1. The lowest BCUT2D eigenvalue weighted by Gasteiger charge is -2.51. The van der Waals surface area contributed by atoms with Crippen molar-refractivity contribution < 1.29 is 14.4 Å². The van der Waals surface area contributed by atoms with Crippen molar-refractivity contribution in [2.75, 3.05) is 26.7 Å². The zero-order valence-corrected chi connectivity index (χ0v) is 22.5. The highest BCUT2D eigenvalue weighted by Gasteiger charge is 2.53. The summed E-state index contributed by atoms with van der Waals surface area (Å²) in [4.78, 5) is 2.37. The number of aliphatic hydroxyl groups excluding tert-OH is 1. The van der Waals surface area contributed by atoms with Crippen molar-refractivity contribution in [3.05, 3.63) is 107 Å². The Morgan fingerprint density at radius 3 is 2.13 bits per heavy atom. The van der Waals surface area contributed by atoms with E-state index in [2.05, 4.69) is 46.7 Å². The fraction of sp³-hybridized carbons (Fsp3) is 0.312. The van der Waals surface area contributed by atoms with Crippen LogP contribution in [0.1, 0.15) is 31.4 Å². The molecule has 0 aromatic heterocycles. The number of nitrogens with two attached hydrogens (primary N) is 1. The van der Waals surface area contributed by atoms with E-state index in [0.29, 0.717) is 17.0 Å². The van der Waals surface area contributed by atoms with Gasteiger partial charge in [-0.05, 0) is 48.9 Å². The van der Waals surface area contributed by atoms with Gasteiger partial charge in [0.15, 0.2) is 6.04 Å². The number of rotatable bonds is 10. The van der Waals surface area contributed by atoms with Gasteiger partial charge in [-0.1, -0.05) is 55.5 Å². The molecule has 1 heterocycles. The van der Waals surface area contributed by atoms with Crippen LogP contribution in [0.4, 0.5) is 0 Å². The molecule has 0 amide bonds. The number of ether oxygens (including phenoxy) is 1. The Hall–Kier alpha value is -3.92. The van der Waals surface area contributed by atoms with Crippen LogP contribution < -0.4 is 10.5 Å². The molecule has 38 heavy (non-hydrogen) atoms. The summed E-state index contributed by atoms with van der Waals surface area (Å²) in [5.41, 5.74) is 9.73. The van der Waals surface area contributed by atoms with E-state index in [1.807, 2.05) is 67.7 Å². The number of aliphatic hydroxyl groups is 1. The van der Waals surface area contributed by atoms with Crippen molar-refractivity contribution in [2.24, 2.45) is 11.1 Å². The standard InChI is InChI=1S/C32H36N4O2/c1-4-30(32(23-37)21-36(22-32)20-25-11-7-5-8-12-25)35(3)31(29(19-33)24(2)34)26-15-17-28(18-16-26)38-27-13-9-6-10-14-27/h5-18,30,34,37H,4,20-23H2,1-3H3/p+1. The average Bonchev–Trinajstić information content (AvgIpc) is 2.91. The fourth-order valence-electron chi connectivity index (χ4n) is 5.65. The number of allylic oxidation sites excluding steroid dienone is 2. The minimum atomic E-state index is -0.303. The van der Waals surface area contributed by atoms with Crippen LogP contribution in [0.2, 0.25) is 0 Å². The second kappa shape index (κ2) is 12.1. The number of nitriles is 1. The first-order valence-electron chi connectivity index (χ1n) is 13.1. The highest BCUT2D eigenvalue weighted by Crippen LogP contribution is 2.38. The largest absolute Gasteiger partial charge is 0.457 e. The molecule has 3 aromatic rings. The van der Waals surface area contributed by atoms with E-state index in [1.165, 1.54) is 5.56 Å². The van der Waals surface area contributed by atoms with Gasteiger partial charge in [-0.25, -0.2) is 4.58 Å². The van der Waals surface area contributed by atoms with E-state index in [4.69, 9.17) is 10.5 Å². The smallest absolute Gasteiger partial charge is 0.226 e. The van der Waals surface area contributed by atoms with E-state index < -0.39 is 0 Å². The molecule has 0 saturated carbocycles. The molecule has 0 spiro atoms. The van der Waals surface area contributed by atoms with Crippen LogP contribution in [0.5, 0.6) is 11.5 Å². The first-order valence-corrected chi connectivity index (χ1v) is 13.1. The lowest BCUT2D eigenvalue weighted by atomic mass is 9.72. The predicted octanol–water partition coefficient (Wildman–Crippen LogP) is 4.94. The maximum atomic E-state index is 10.6. The summed E-state index contributed by atoms with van der Waals surface area (Å²) < 4.78 is 8.12. The van der Waals surface area contributed by atoms with Gasteiger partial charge in [0.1, 0.15) is 30.2 Å². The number of hydrogen-bond acceptors (Lipinski definition) is 5. The van der Waals surface area contributed by atoms with Crippen molar-refractivity contribution in [2.45, 2.75) is 32.9 Å². The van der Waals surface area contributed by atoms with Crippen LogP contribution in [0, 0.1) is 16.7 Å². The van der Waals surface area contributed by atoms with Crippen LogP contribution in [-0.4, -0.2) is 53.1 Å². The SMILES string of the molecule is CCC([N+](C)=C(C(C#N)=C(C)N)c1ccc(Oc2ccccc2)cc1)C1(CO)CN(Cc2ccccc2)C1. The lowest BCUT2D eigenvalue weighted by Crippen LogP contribution is -2.65. The quantitative estimate of drug-likeness (QED) is 0.230. The van der Waals surface area contributed by atoms with E-state index >= 15 is 0 Å². The van der Waals surface area contributed by atoms with Gasteiger partial charge in [0.05, 0.1) is 12.0 Å². The van der Waals surface area contributed by atoms with Crippen LogP contribution in [0.15, 0.2) is 96.2 Å². The molecule has 3 aromatic carbocycles. The Kier molecular flexibility index (Phi) is 8.62. The zero-order chi connectivity index (χ0) is 27.1. The summed E-state index contributed by atoms with van der Waals surface area (Å²) >= 11 is 0. The Morgan fingerprint density at radius 1 is 1.03 bits per heavy atom. The molecule has 6 nitrogen and oxygen atoms in total. The van der Waals surface area contributed by atoms with Gasteiger partial charge in [-0.15, -0.1) is 0 Å². The number of nitrogens with zero attached hydrogens (tertiary/aromatic N) is 3. The maximum absolute atomic E-state index is 10.6. The van der Waals surface area contributed by atoms with Crippen LogP contribution in [0.25, 0.3) is 0 Å². The van der Waals surface area contributed by atoms with Gasteiger partial charge in [-0.2, -0.15) is 5.26 Å². The number of hydrogen-bond donors (Lipinski definition) is 2. The third kappa shape index (κ3) is 5.80. The first-order chi connectivity index (χ1) is 18.4. The Morgan fingerprint density at radius 2 is 1.61 bits per heavy atom. The minimum Gasteiger partial charge on any atom is -0.457 e. The molecule has 0 bridgehead atoms. The van der Waals surface area contributed by atoms with Crippen molar-refractivity contribution in [1.82, 2.24) is 4.90 Å². The molecule has 0 aliphatic carbocycles. The van der Waals surface area contributed by atoms with Gasteiger partial charge in [0.2, 0.25) is 5.71 Å². The van der Waals surface area contributed by atoms with Gasteiger partial charge < -0.3 is 15.6 Å². The molecule has 1 unspecified atom stereocenters. The Labute approximate surface area is 225 Å². The van der Waals surface area contributed by atoms with Gasteiger partial charge >= 0.3 is 0 Å². The van der Waals surface area contributed by atoms with Crippen molar-refractivity contribution in [3.63, 3.8) is 0 Å². The molecule has 1 saturated heterocycles. The average molecular weight is 510 g/mol. The summed E-state index contributed by atoms with van der Waals surface area (Å²) in [6.45, 7) is 6.39. The van der Waals surface area contributed by atoms with Crippen molar-refractivity contribution >= 4 is 5.71 Å². The molecule has 1 aliphatic heterocycles. The first kappa shape index (κ1) is 27.1. The van der Waals surface area contributed by atoms with Gasteiger partial charge in [0.25, 0.3) is 0 Å². The topological polar surface area (TPSA) is 85.5 Å². The minimum absolute atomic E-state index is 0.0115. The van der Waals surface area contributed by atoms with Crippen LogP contribution in [-0.2, 0) is 6.54 Å². The lowest BCUT2D eigenvalue weighted by molar-refractivity contribution is -0.563. The summed E-state index contributed by atoms with van der Waals surface area (Å²) in [7, 11) is 2.01. The zero-order valence-electron chi connectivity index (χ0n) is 22.5. The van der Waals surface area contributed by atoms with E-state index in [-0.39, 0.29) is 18.1 Å². The Bertz CT molecular complexity index is 1320. The maximum Gasteiger partial charge on any atom is 0.226 e. The molecule has 6 heteroatoms. The van der Waals surface area contributed by atoms with E-state index in [9.17, 15) is 10.4 Å². The van der Waals surface area contributed by atoms with E-state index in [0.717, 1.165) is 43.1 Å². The normalized spacial score (nSPS) is 16.9. The Balaban J connectivity index is 1.66. The summed E-state index contributed by atoms with van der Waals surface area (Å²) in [5, 5.41) is 20.7. The van der Waals surface area contributed by atoms with Crippen LogP contribution >= 0.6 is 0 Å². The third-order valence-electron chi connectivity index (χ3n) is 7.40. The molecular weight excluding hydrogens is 472 g/mol. The number of benzene rings is 3. The van der Waals surface area contributed by atoms with Gasteiger partial charge in [0, 0.05) is 37.3 Å². The number of likely N-dealkylation sites (tertiary alicyclic amines) is 1. The molecule has 1 fully saturated rings. The molecule has 196 valence electrons. The summed E-state index contributed by atoms with van der Waals surface area (Å²) in [6.07, 6.45) is 0.817. The van der Waals surface area contributed by atoms with Crippen molar-refractivity contribution in [3.8, 4) is 17.6 Å². The second-order valence-electron chi connectivity index (χ2n) is 10.1. The highest BCUT2D eigenvalue weighted by atomic mass is 16.5. The molecule has 4 rings (SSSR count). The van der Waals surface area contributed by atoms with Crippen LogP contribution in [0.3, 0.4) is 0 Å². The summed E-state index contributed by atoms with van der Waals surface area (Å²) in [6, 6.07) is 30.1. The molecule has 1 atom stereocenters. The summed E-state index contributed by atoms with van der Waals surface area (Å²) in [5.74, 6) is 1.47. The molecule has 0 radical (unpaired) electrons. The molecule has 1 aliphatic rings.